The van der Waals surface area contributed by atoms with Gasteiger partial charge in [0, 0.05) is 17.8 Å². The molecule has 2 rings (SSSR count). The molecular weight excluding hydrogens is 278 g/mol. The number of nitrogens with zero attached hydrogens (tertiary/aromatic N) is 1. The van der Waals surface area contributed by atoms with E-state index < -0.39 is 0 Å². The standard InChI is InChI=1S/C12H13N5S2/c1-7-2-3-9(17-19-10(5-14)18-15)12-11(7)8(4-13)6-16-12/h2-3,5-6,16-17H,14-15H2,1H3/b10-5+. The number of aromatic nitrogens is 1. The van der Waals surface area contributed by atoms with Crippen molar-refractivity contribution < 1.29 is 0 Å². The number of benzene rings is 1. The zero-order valence-electron chi connectivity index (χ0n) is 10.2. The molecule has 1 aromatic heterocycles. The SMILES string of the molecule is Cc1ccc(NS/C(=C/N)SN)c2[nH]cc(C#N)c12. The summed E-state index contributed by atoms with van der Waals surface area (Å²) in [5.41, 5.74) is 8.93. The largest absolute Gasteiger partial charge is 0.403 e. The number of aromatic amines is 1. The van der Waals surface area contributed by atoms with E-state index in [0.717, 1.165) is 38.3 Å². The van der Waals surface area contributed by atoms with Crippen LogP contribution >= 0.6 is 23.9 Å². The van der Waals surface area contributed by atoms with E-state index in [4.69, 9.17) is 16.1 Å². The second kappa shape index (κ2) is 5.93. The Labute approximate surface area is 119 Å². The first kappa shape index (κ1) is 13.7. The van der Waals surface area contributed by atoms with Gasteiger partial charge in [0.1, 0.15) is 6.07 Å². The lowest BCUT2D eigenvalue weighted by atomic mass is 10.1. The van der Waals surface area contributed by atoms with Crippen molar-refractivity contribution in [3.63, 3.8) is 0 Å². The van der Waals surface area contributed by atoms with Gasteiger partial charge < -0.3 is 15.4 Å². The molecule has 0 aliphatic heterocycles. The molecule has 0 fully saturated rings. The van der Waals surface area contributed by atoms with Crippen LogP contribution in [0.5, 0.6) is 0 Å². The summed E-state index contributed by atoms with van der Waals surface area (Å²) in [6, 6.07) is 6.11. The number of rotatable bonds is 4. The van der Waals surface area contributed by atoms with Crippen molar-refractivity contribution in [1.82, 2.24) is 4.98 Å². The Balaban J connectivity index is 2.38. The van der Waals surface area contributed by atoms with Crippen molar-refractivity contribution in [1.29, 1.82) is 5.26 Å². The van der Waals surface area contributed by atoms with E-state index in [2.05, 4.69) is 15.8 Å². The van der Waals surface area contributed by atoms with Crippen molar-refractivity contribution >= 4 is 40.5 Å². The third-order valence-electron chi connectivity index (χ3n) is 2.68. The maximum atomic E-state index is 9.09. The predicted octanol–water partition coefficient (Wildman–Crippen LogP) is 2.77. The van der Waals surface area contributed by atoms with E-state index >= 15 is 0 Å². The van der Waals surface area contributed by atoms with Gasteiger partial charge in [0.25, 0.3) is 0 Å². The fourth-order valence-electron chi connectivity index (χ4n) is 1.80. The molecule has 6 N–H and O–H groups in total. The van der Waals surface area contributed by atoms with Crippen molar-refractivity contribution in [2.24, 2.45) is 10.9 Å². The van der Waals surface area contributed by atoms with Gasteiger partial charge in [0.15, 0.2) is 0 Å². The molecular formula is C12H13N5S2. The number of nitrogens with two attached hydrogens (primary N) is 2. The average molecular weight is 291 g/mol. The van der Waals surface area contributed by atoms with Gasteiger partial charge in [-0.3, -0.25) is 5.14 Å². The van der Waals surface area contributed by atoms with E-state index in [9.17, 15) is 0 Å². The lowest BCUT2D eigenvalue weighted by Crippen LogP contribution is -1.93. The summed E-state index contributed by atoms with van der Waals surface area (Å²) < 4.78 is 3.95. The Morgan fingerprint density at radius 1 is 1.53 bits per heavy atom. The Morgan fingerprint density at radius 2 is 2.32 bits per heavy atom. The van der Waals surface area contributed by atoms with Gasteiger partial charge in [-0.2, -0.15) is 5.26 Å². The molecule has 0 spiro atoms. The monoisotopic (exact) mass is 291 g/mol. The van der Waals surface area contributed by atoms with Gasteiger partial charge in [-0.1, -0.05) is 6.07 Å². The lowest BCUT2D eigenvalue weighted by Gasteiger charge is -2.08. The van der Waals surface area contributed by atoms with Crippen LogP contribution in [0.4, 0.5) is 5.69 Å². The molecule has 0 bridgehead atoms. The van der Waals surface area contributed by atoms with Gasteiger partial charge >= 0.3 is 0 Å². The third kappa shape index (κ3) is 2.66. The van der Waals surface area contributed by atoms with Crippen LogP contribution in [-0.2, 0) is 0 Å². The highest BCUT2D eigenvalue weighted by molar-refractivity contribution is 8.21. The van der Waals surface area contributed by atoms with Crippen molar-refractivity contribution in [2.45, 2.75) is 6.92 Å². The van der Waals surface area contributed by atoms with Gasteiger partial charge in [-0.15, -0.1) is 0 Å². The van der Waals surface area contributed by atoms with E-state index in [1.165, 1.54) is 18.1 Å². The minimum atomic E-state index is 0.643. The van der Waals surface area contributed by atoms with E-state index in [1.54, 1.807) is 6.20 Å². The Hall–Kier alpha value is -1.75. The molecule has 0 unspecified atom stereocenters. The number of anilines is 1. The number of hydrogen-bond acceptors (Lipinski definition) is 6. The molecule has 0 aliphatic carbocycles. The molecule has 19 heavy (non-hydrogen) atoms. The van der Waals surface area contributed by atoms with Gasteiger partial charge in [-0.05, 0) is 42.4 Å². The molecule has 98 valence electrons. The number of fused-ring (bicyclic) bond motifs is 1. The van der Waals surface area contributed by atoms with Gasteiger partial charge in [0.2, 0.25) is 0 Å². The van der Waals surface area contributed by atoms with Gasteiger partial charge in [-0.25, -0.2) is 0 Å². The number of aryl methyl sites for hydroxylation is 1. The second-order valence-corrected chi connectivity index (χ2v) is 5.58. The summed E-state index contributed by atoms with van der Waals surface area (Å²) >= 11 is 2.41. The van der Waals surface area contributed by atoms with E-state index in [0.29, 0.717) is 5.56 Å². The van der Waals surface area contributed by atoms with Crippen LogP contribution in [0.2, 0.25) is 0 Å². The van der Waals surface area contributed by atoms with Gasteiger partial charge in [0.05, 0.1) is 21.0 Å². The number of nitrogens with one attached hydrogen (secondary N) is 2. The van der Waals surface area contributed by atoms with Crippen LogP contribution < -0.4 is 15.6 Å². The summed E-state index contributed by atoms with van der Waals surface area (Å²) in [7, 11) is 0. The molecule has 0 atom stereocenters. The fraction of sp³-hybridized carbons (Fsp3) is 0.0833. The molecule has 1 heterocycles. The molecule has 7 heteroatoms. The third-order valence-corrected chi connectivity index (χ3v) is 4.24. The Bertz CT molecular complexity index is 669. The summed E-state index contributed by atoms with van der Waals surface area (Å²) in [4.78, 5) is 3.12. The maximum Gasteiger partial charge on any atom is 0.101 e. The quantitative estimate of drug-likeness (QED) is 0.646. The van der Waals surface area contributed by atoms with Crippen LogP contribution in [0.3, 0.4) is 0 Å². The molecule has 2 aromatic rings. The highest BCUT2D eigenvalue weighted by Gasteiger charge is 2.10. The summed E-state index contributed by atoms with van der Waals surface area (Å²) in [6.07, 6.45) is 3.16. The Morgan fingerprint density at radius 3 is 2.95 bits per heavy atom. The van der Waals surface area contributed by atoms with Crippen LogP contribution in [0.1, 0.15) is 11.1 Å². The number of hydrogen-bond donors (Lipinski definition) is 4. The highest BCUT2D eigenvalue weighted by Crippen LogP contribution is 2.32. The highest BCUT2D eigenvalue weighted by atomic mass is 32.2. The maximum absolute atomic E-state index is 9.09. The van der Waals surface area contributed by atoms with Crippen LogP contribution in [-0.4, -0.2) is 4.98 Å². The normalized spacial score (nSPS) is 11.5. The molecule has 5 nitrogen and oxygen atoms in total. The molecule has 0 saturated carbocycles. The Kier molecular flexibility index (Phi) is 4.27. The number of nitriles is 1. The topological polar surface area (TPSA) is 104 Å². The zero-order chi connectivity index (χ0) is 13.8. The smallest absolute Gasteiger partial charge is 0.101 e. The van der Waals surface area contributed by atoms with Crippen molar-refractivity contribution in [3.05, 3.63) is 39.9 Å². The molecule has 1 aromatic carbocycles. The number of H-pyrrole nitrogens is 1. The predicted molar refractivity (Wildman–Crippen MR) is 83.0 cm³/mol. The summed E-state index contributed by atoms with van der Waals surface area (Å²) in [5, 5.41) is 15.5. The minimum absolute atomic E-state index is 0.643. The first-order valence-corrected chi connectivity index (χ1v) is 7.13. The first-order chi connectivity index (χ1) is 9.21. The van der Waals surface area contributed by atoms with E-state index in [1.807, 2.05) is 19.1 Å². The lowest BCUT2D eigenvalue weighted by molar-refractivity contribution is 1.45. The summed E-state index contributed by atoms with van der Waals surface area (Å²) in [6.45, 7) is 1.98. The zero-order valence-corrected chi connectivity index (χ0v) is 11.9. The summed E-state index contributed by atoms with van der Waals surface area (Å²) in [5.74, 6) is 0. The average Bonchev–Trinajstić information content (AvgIpc) is 2.87. The van der Waals surface area contributed by atoms with Crippen LogP contribution in [0, 0.1) is 18.3 Å². The van der Waals surface area contributed by atoms with Crippen molar-refractivity contribution in [3.8, 4) is 6.07 Å². The molecule has 0 radical (unpaired) electrons. The van der Waals surface area contributed by atoms with Crippen molar-refractivity contribution in [2.75, 3.05) is 4.72 Å². The minimum Gasteiger partial charge on any atom is -0.403 e. The molecule has 0 aliphatic rings. The second-order valence-electron chi connectivity index (χ2n) is 3.80. The molecule has 0 saturated heterocycles. The fourth-order valence-corrected chi connectivity index (χ4v) is 2.64. The van der Waals surface area contributed by atoms with Crippen LogP contribution in [0.25, 0.3) is 10.9 Å². The van der Waals surface area contributed by atoms with E-state index in [-0.39, 0.29) is 0 Å². The first-order valence-electron chi connectivity index (χ1n) is 5.43. The van der Waals surface area contributed by atoms with Crippen LogP contribution in [0.15, 0.2) is 28.8 Å². The molecule has 0 amide bonds.